The number of fused-ring (bicyclic) bond motifs is 1. The number of halogens is 1. The first-order valence-electron chi connectivity index (χ1n) is 6.20. The van der Waals surface area contributed by atoms with E-state index in [1.165, 1.54) is 11.1 Å². The summed E-state index contributed by atoms with van der Waals surface area (Å²) in [6.45, 7) is 2.07. The lowest BCUT2D eigenvalue weighted by molar-refractivity contribution is 0.130. The number of aryl methyl sites for hydroxylation is 2. The van der Waals surface area contributed by atoms with Crippen LogP contribution in [0.1, 0.15) is 23.1 Å². The van der Waals surface area contributed by atoms with Gasteiger partial charge in [0.25, 0.3) is 0 Å². The third-order valence-electron chi connectivity index (χ3n) is 3.42. The van der Waals surface area contributed by atoms with Gasteiger partial charge in [0.05, 0.1) is 0 Å². The van der Waals surface area contributed by atoms with Gasteiger partial charge in [0.15, 0.2) is 0 Å². The van der Waals surface area contributed by atoms with Crippen LogP contribution >= 0.6 is 11.6 Å². The molecule has 1 unspecified atom stereocenters. The van der Waals surface area contributed by atoms with Crippen molar-refractivity contribution in [2.24, 2.45) is 0 Å². The molecule has 0 spiro atoms. The quantitative estimate of drug-likeness (QED) is 0.689. The first kappa shape index (κ1) is 11.6. The van der Waals surface area contributed by atoms with E-state index >= 15 is 0 Å². The third-order valence-corrected chi connectivity index (χ3v) is 3.90. The van der Waals surface area contributed by atoms with Crippen molar-refractivity contribution < 1.29 is 4.74 Å². The number of alkyl halides is 1. The number of hydrogen-bond acceptors (Lipinski definition) is 1. The van der Waals surface area contributed by atoms with Crippen LogP contribution in [0.3, 0.4) is 0 Å². The van der Waals surface area contributed by atoms with Crippen LogP contribution < -0.4 is 4.74 Å². The van der Waals surface area contributed by atoms with Crippen molar-refractivity contribution in [3.8, 4) is 5.75 Å². The monoisotopic (exact) mass is 258 g/mol. The molecule has 0 bridgehead atoms. The Kier molecular flexibility index (Phi) is 2.79. The smallest absolute Gasteiger partial charge is 0.208 e. The maximum atomic E-state index is 6.66. The fraction of sp³-hybridized carbons (Fsp3) is 0.250. The van der Waals surface area contributed by atoms with Gasteiger partial charge >= 0.3 is 0 Å². The Bertz CT molecular complexity index is 565. The predicted octanol–water partition coefficient (Wildman–Crippen LogP) is 4.41. The van der Waals surface area contributed by atoms with E-state index in [0.717, 1.165) is 24.2 Å². The van der Waals surface area contributed by atoms with Gasteiger partial charge in [-0.25, -0.2) is 0 Å². The lowest BCUT2D eigenvalue weighted by atomic mass is 9.96. The Morgan fingerprint density at radius 2 is 1.89 bits per heavy atom. The molecule has 0 aromatic heterocycles. The van der Waals surface area contributed by atoms with Crippen LogP contribution in [0, 0.1) is 6.92 Å². The van der Waals surface area contributed by atoms with Gasteiger partial charge in [0, 0.05) is 12.0 Å². The number of rotatable bonds is 1. The SMILES string of the molecule is Cc1ccc2c(c1)OC(Cl)(c1ccccc1)CC2. The summed E-state index contributed by atoms with van der Waals surface area (Å²) in [6.07, 6.45) is 1.75. The van der Waals surface area contributed by atoms with Crippen LogP contribution in [-0.2, 0) is 11.5 Å². The van der Waals surface area contributed by atoms with Gasteiger partial charge in [0.2, 0.25) is 5.06 Å². The van der Waals surface area contributed by atoms with Crippen LogP contribution in [0.5, 0.6) is 5.75 Å². The van der Waals surface area contributed by atoms with Crippen LogP contribution in [0.4, 0.5) is 0 Å². The molecule has 92 valence electrons. The Hall–Kier alpha value is -1.47. The molecule has 0 saturated heterocycles. The summed E-state index contributed by atoms with van der Waals surface area (Å²) >= 11 is 6.66. The summed E-state index contributed by atoms with van der Waals surface area (Å²) in [4.78, 5) is 0. The molecular formula is C16H15ClO. The van der Waals surface area contributed by atoms with E-state index < -0.39 is 5.06 Å². The molecule has 0 fully saturated rings. The highest BCUT2D eigenvalue weighted by molar-refractivity contribution is 6.23. The third kappa shape index (κ3) is 1.99. The van der Waals surface area contributed by atoms with Crippen molar-refractivity contribution in [1.82, 2.24) is 0 Å². The number of ether oxygens (including phenoxy) is 1. The minimum atomic E-state index is -0.720. The van der Waals surface area contributed by atoms with Crippen LogP contribution in [0.2, 0.25) is 0 Å². The van der Waals surface area contributed by atoms with Crippen molar-refractivity contribution in [1.29, 1.82) is 0 Å². The minimum Gasteiger partial charge on any atom is -0.467 e. The molecule has 18 heavy (non-hydrogen) atoms. The van der Waals surface area contributed by atoms with E-state index in [1.807, 2.05) is 30.3 Å². The normalized spacial score (nSPS) is 22.1. The maximum Gasteiger partial charge on any atom is 0.208 e. The Labute approximate surface area is 112 Å². The molecule has 0 aliphatic carbocycles. The van der Waals surface area contributed by atoms with Crippen molar-refractivity contribution in [3.63, 3.8) is 0 Å². The zero-order valence-electron chi connectivity index (χ0n) is 10.3. The molecule has 1 aliphatic heterocycles. The molecule has 0 saturated carbocycles. The van der Waals surface area contributed by atoms with E-state index in [-0.39, 0.29) is 0 Å². The van der Waals surface area contributed by atoms with E-state index in [1.54, 1.807) is 0 Å². The summed E-state index contributed by atoms with van der Waals surface area (Å²) < 4.78 is 6.05. The highest BCUT2D eigenvalue weighted by atomic mass is 35.5. The summed E-state index contributed by atoms with van der Waals surface area (Å²) in [5.41, 5.74) is 3.47. The molecule has 0 amide bonds. The maximum absolute atomic E-state index is 6.66. The molecule has 1 atom stereocenters. The fourth-order valence-electron chi connectivity index (χ4n) is 2.37. The van der Waals surface area contributed by atoms with E-state index in [4.69, 9.17) is 16.3 Å². The van der Waals surface area contributed by atoms with Gasteiger partial charge in [-0.15, -0.1) is 0 Å². The first-order chi connectivity index (χ1) is 8.67. The zero-order valence-corrected chi connectivity index (χ0v) is 11.1. The molecule has 1 nitrogen and oxygen atoms in total. The van der Waals surface area contributed by atoms with Gasteiger partial charge in [0.1, 0.15) is 5.75 Å². The van der Waals surface area contributed by atoms with Crippen molar-refractivity contribution in [2.75, 3.05) is 0 Å². The molecule has 0 radical (unpaired) electrons. The predicted molar refractivity (Wildman–Crippen MR) is 74.1 cm³/mol. The fourth-order valence-corrected chi connectivity index (χ4v) is 2.68. The largest absolute Gasteiger partial charge is 0.467 e. The van der Waals surface area contributed by atoms with Crippen LogP contribution in [0.15, 0.2) is 48.5 Å². The first-order valence-corrected chi connectivity index (χ1v) is 6.58. The summed E-state index contributed by atoms with van der Waals surface area (Å²) in [6, 6.07) is 16.3. The Balaban J connectivity index is 1.99. The van der Waals surface area contributed by atoms with Gasteiger partial charge in [-0.2, -0.15) is 0 Å². The van der Waals surface area contributed by atoms with Crippen LogP contribution in [-0.4, -0.2) is 0 Å². The second-order valence-electron chi connectivity index (χ2n) is 4.81. The zero-order chi connectivity index (χ0) is 12.6. The molecule has 1 aliphatic rings. The van der Waals surface area contributed by atoms with Gasteiger partial charge in [-0.3, -0.25) is 0 Å². The highest BCUT2D eigenvalue weighted by Crippen LogP contribution is 2.42. The molecule has 2 aromatic carbocycles. The van der Waals surface area contributed by atoms with Crippen LogP contribution in [0.25, 0.3) is 0 Å². The van der Waals surface area contributed by atoms with E-state index in [9.17, 15) is 0 Å². The molecule has 3 rings (SSSR count). The molecule has 0 N–H and O–H groups in total. The van der Waals surface area contributed by atoms with E-state index in [0.29, 0.717) is 0 Å². The average molecular weight is 259 g/mol. The Morgan fingerprint density at radius 1 is 1.11 bits per heavy atom. The molecule has 2 heteroatoms. The number of benzene rings is 2. The molecule has 2 aromatic rings. The minimum absolute atomic E-state index is 0.720. The summed E-state index contributed by atoms with van der Waals surface area (Å²) in [5.74, 6) is 0.917. The lowest BCUT2D eigenvalue weighted by Gasteiger charge is -2.34. The topological polar surface area (TPSA) is 9.23 Å². The van der Waals surface area contributed by atoms with Gasteiger partial charge < -0.3 is 4.74 Å². The van der Waals surface area contributed by atoms with Crippen molar-refractivity contribution in [3.05, 3.63) is 65.2 Å². The second-order valence-corrected chi connectivity index (χ2v) is 5.42. The van der Waals surface area contributed by atoms with Gasteiger partial charge in [-0.1, -0.05) is 54.1 Å². The number of hydrogen-bond donors (Lipinski definition) is 0. The second kappa shape index (κ2) is 4.33. The highest BCUT2D eigenvalue weighted by Gasteiger charge is 2.35. The summed E-state index contributed by atoms with van der Waals surface area (Å²) in [7, 11) is 0. The molecule has 1 heterocycles. The summed E-state index contributed by atoms with van der Waals surface area (Å²) in [5, 5.41) is -0.720. The molecular weight excluding hydrogens is 244 g/mol. The Morgan fingerprint density at radius 3 is 2.67 bits per heavy atom. The lowest BCUT2D eigenvalue weighted by Crippen LogP contribution is -2.31. The van der Waals surface area contributed by atoms with Gasteiger partial charge in [-0.05, 0) is 30.5 Å². The van der Waals surface area contributed by atoms with Crippen molar-refractivity contribution >= 4 is 11.6 Å². The van der Waals surface area contributed by atoms with Crippen molar-refractivity contribution in [2.45, 2.75) is 24.8 Å². The van der Waals surface area contributed by atoms with E-state index in [2.05, 4.69) is 25.1 Å². The average Bonchev–Trinajstić information content (AvgIpc) is 2.39. The standard InChI is InChI=1S/C16H15ClO/c1-12-7-8-13-9-10-16(17,18-15(13)11-12)14-5-3-2-4-6-14/h2-8,11H,9-10H2,1H3.